The van der Waals surface area contributed by atoms with E-state index in [0.717, 1.165) is 32.3 Å². The van der Waals surface area contributed by atoms with Crippen LogP contribution in [0.3, 0.4) is 0 Å². The molecular weight excluding hydrogens is 222 g/mol. The van der Waals surface area contributed by atoms with Crippen molar-refractivity contribution in [1.82, 2.24) is 5.32 Å². The fourth-order valence-electron chi connectivity index (χ4n) is 1.24. The Morgan fingerprint density at radius 2 is 1.59 bits per heavy atom. The third-order valence-electron chi connectivity index (χ3n) is 2.27. The summed E-state index contributed by atoms with van der Waals surface area (Å²) in [6.45, 7) is 2.94. The Morgan fingerprint density at radius 3 is 2.18 bits per heavy atom. The Kier molecular flexibility index (Phi) is 12.9. The molecule has 0 atom stereocenters. The Morgan fingerprint density at radius 1 is 0.941 bits per heavy atom. The summed E-state index contributed by atoms with van der Waals surface area (Å²) >= 11 is 0. The number of methoxy groups -OCH3 is 1. The molecule has 0 aromatic carbocycles. The van der Waals surface area contributed by atoms with E-state index in [1.54, 1.807) is 14.2 Å². The molecule has 17 heavy (non-hydrogen) atoms. The number of amides is 1. The number of unbranched alkanes of at least 4 members (excludes halogenated alkanes) is 3. The summed E-state index contributed by atoms with van der Waals surface area (Å²) < 4.78 is 15.4. The molecule has 102 valence electrons. The molecule has 0 bridgehead atoms. The molecule has 0 aliphatic rings. The molecule has 0 fully saturated rings. The highest BCUT2D eigenvalue weighted by molar-refractivity contribution is 5.76. The van der Waals surface area contributed by atoms with Crippen molar-refractivity contribution >= 4 is 5.91 Å². The molecule has 5 heteroatoms. The molecule has 1 N–H and O–H groups in total. The number of carbonyl (C=O) groups is 1. The van der Waals surface area contributed by atoms with Crippen LogP contribution in [0.2, 0.25) is 0 Å². The van der Waals surface area contributed by atoms with Crippen LogP contribution in [0.4, 0.5) is 0 Å². The van der Waals surface area contributed by atoms with E-state index < -0.39 is 0 Å². The number of nitrogens with one attached hydrogen (secondary N) is 1. The van der Waals surface area contributed by atoms with Crippen molar-refractivity contribution in [2.75, 3.05) is 47.2 Å². The Balaban J connectivity index is 2.96. The smallest absolute Gasteiger partial charge is 0.245 e. The number of likely N-dealkylation sites (N-methyl/N-ethyl adjacent to an activating group) is 1. The predicted octanol–water partition coefficient (Wildman–Crippen LogP) is 0.972. The lowest BCUT2D eigenvalue weighted by Gasteiger charge is -2.04. The van der Waals surface area contributed by atoms with Gasteiger partial charge in [-0.15, -0.1) is 0 Å². The van der Waals surface area contributed by atoms with Crippen molar-refractivity contribution in [3.05, 3.63) is 0 Å². The van der Waals surface area contributed by atoms with Crippen LogP contribution < -0.4 is 5.32 Å². The molecule has 0 heterocycles. The Labute approximate surface area is 104 Å². The first kappa shape index (κ1) is 16.4. The van der Waals surface area contributed by atoms with Crippen molar-refractivity contribution in [2.45, 2.75) is 25.7 Å². The van der Waals surface area contributed by atoms with Crippen LogP contribution >= 0.6 is 0 Å². The van der Waals surface area contributed by atoms with Gasteiger partial charge in [0.1, 0.15) is 6.61 Å². The number of carbonyl (C=O) groups excluding carboxylic acids is 1. The number of ether oxygens (including phenoxy) is 3. The van der Waals surface area contributed by atoms with Crippen LogP contribution in [0.25, 0.3) is 0 Å². The van der Waals surface area contributed by atoms with E-state index in [1.165, 1.54) is 0 Å². The lowest BCUT2D eigenvalue weighted by atomic mass is 10.2. The molecule has 5 nitrogen and oxygen atoms in total. The molecule has 0 aromatic heterocycles. The van der Waals surface area contributed by atoms with Crippen LogP contribution in [0.15, 0.2) is 0 Å². The van der Waals surface area contributed by atoms with Crippen LogP contribution in [0.1, 0.15) is 25.7 Å². The summed E-state index contributed by atoms with van der Waals surface area (Å²) in [5.74, 6) is -0.0726. The van der Waals surface area contributed by atoms with Gasteiger partial charge in [-0.1, -0.05) is 12.8 Å². The SMILES string of the molecule is CNC(=O)COCCCCCCOCCOC. The zero-order valence-electron chi connectivity index (χ0n) is 11.0. The third-order valence-corrected chi connectivity index (χ3v) is 2.27. The first-order chi connectivity index (χ1) is 8.31. The molecule has 0 aromatic rings. The van der Waals surface area contributed by atoms with E-state index in [1.807, 2.05) is 0 Å². The van der Waals surface area contributed by atoms with Gasteiger partial charge in [-0.3, -0.25) is 4.79 Å². The zero-order valence-corrected chi connectivity index (χ0v) is 11.0. The van der Waals surface area contributed by atoms with E-state index >= 15 is 0 Å². The van der Waals surface area contributed by atoms with Crippen LogP contribution in [-0.2, 0) is 19.0 Å². The molecule has 0 rings (SSSR count). The molecule has 0 unspecified atom stereocenters. The molecule has 0 radical (unpaired) electrons. The monoisotopic (exact) mass is 247 g/mol. The highest BCUT2D eigenvalue weighted by atomic mass is 16.5. The van der Waals surface area contributed by atoms with Gasteiger partial charge >= 0.3 is 0 Å². The minimum absolute atomic E-state index is 0.0726. The Hall–Kier alpha value is -0.650. The average Bonchev–Trinajstić information content (AvgIpc) is 2.35. The lowest BCUT2D eigenvalue weighted by Crippen LogP contribution is -2.23. The zero-order chi connectivity index (χ0) is 12.8. The van der Waals surface area contributed by atoms with Gasteiger partial charge in [0.05, 0.1) is 13.2 Å². The van der Waals surface area contributed by atoms with Crippen molar-refractivity contribution in [1.29, 1.82) is 0 Å². The summed E-state index contributed by atoms with van der Waals surface area (Å²) in [6, 6.07) is 0. The molecule has 0 aliphatic carbocycles. The minimum atomic E-state index is -0.0726. The molecule has 0 aliphatic heterocycles. The van der Waals surface area contributed by atoms with E-state index in [9.17, 15) is 4.79 Å². The average molecular weight is 247 g/mol. The minimum Gasteiger partial charge on any atom is -0.382 e. The lowest BCUT2D eigenvalue weighted by molar-refractivity contribution is -0.125. The quantitative estimate of drug-likeness (QED) is 0.522. The van der Waals surface area contributed by atoms with E-state index in [2.05, 4.69) is 5.32 Å². The van der Waals surface area contributed by atoms with Crippen LogP contribution in [0, 0.1) is 0 Å². The van der Waals surface area contributed by atoms with Crippen LogP contribution in [0.5, 0.6) is 0 Å². The normalized spacial score (nSPS) is 10.5. The summed E-state index contributed by atoms with van der Waals surface area (Å²) in [6.07, 6.45) is 4.31. The molecular formula is C12H25NO4. The number of rotatable bonds is 12. The first-order valence-electron chi connectivity index (χ1n) is 6.16. The largest absolute Gasteiger partial charge is 0.382 e. The van der Waals surface area contributed by atoms with E-state index in [4.69, 9.17) is 14.2 Å². The third kappa shape index (κ3) is 13.3. The molecule has 0 saturated carbocycles. The Bertz CT molecular complexity index is 176. The highest BCUT2D eigenvalue weighted by Crippen LogP contribution is 2.00. The second-order valence-corrected chi connectivity index (χ2v) is 3.75. The molecule has 0 spiro atoms. The van der Waals surface area contributed by atoms with Gasteiger partial charge < -0.3 is 19.5 Å². The maximum absolute atomic E-state index is 10.8. The predicted molar refractivity (Wildman–Crippen MR) is 66.0 cm³/mol. The van der Waals surface area contributed by atoms with Gasteiger partial charge in [-0.25, -0.2) is 0 Å². The number of hydrogen-bond acceptors (Lipinski definition) is 4. The van der Waals surface area contributed by atoms with Crippen LogP contribution in [-0.4, -0.2) is 53.1 Å². The second kappa shape index (κ2) is 13.4. The van der Waals surface area contributed by atoms with Gasteiger partial charge in [0.15, 0.2) is 0 Å². The maximum Gasteiger partial charge on any atom is 0.245 e. The van der Waals surface area contributed by atoms with Gasteiger partial charge in [0, 0.05) is 27.4 Å². The van der Waals surface area contributed by atoms with Crippen molar-refractivity contribution in [2.24, 2.45) is 0 Å². The fraction of sp³-hybridized carbons (Fsp3) is 0.917. The summed E-state index contributed by atoms with van der Waals surface area (Å²) in [5.41, 5.74) is 0. The highest BCUT2D eigenvalue weighted by Gasteiger charge is 1.96. The topological polar surface area (TPSA) is 56.8 Å². The fourth-order valence-corrected chi connectivity index (χ4v) is 1.24. The van der Waals surface area contributed by atoms with Gasteiger partial charge in [0.2, 0.25) is 5.91 Å². The van der Waals surface area contributed by atoms with E-state index in [-0.39, 0.29) is 12.5 Å². The molecule has 1 amide bonds. The summed E-state index contributed by atoms with van der Waals surface area (Å²) in [5, 5.41) is 2.51. The van der Waals surface area contributed by atoms with Crippen molar-refractivity contribution < 1.29 is 19.0 Å². The maximum atomic E-state index is 10.8. The second-order valence-electron chi connectivity index (χ2n) is 3.75. The van der Waals surface area contributed by atoms with Crippen molar-refractivity contribution in [3.63, 3.8) is 0 Å². The van der Waals surface area contributed by atoms with Gasteiger partial charge in [0.25, 0.3) is 0 Å². The standard InChI is InChI=1S/C12H25NO4/c1-13-12(14)11-17-8-6-4-3-5-7-16-10-9-15-2/h3-11H2,1-2H3,(H,13,14). The summed E-state index contributed by atoms with van der Waals surface area (Å²) in [4.78, 5) is 10.8. The van der Waals surface area contributed by atoms with Gasteiger partial charge in [-0.05, 0) is 12.8 Å². The first-order valence-corrected chi connectivity index (χ1v) is 6.16. The van der Waals surface area contributed by atoms with Gasteiger partial charge in [-0.2, -0.15) is 0 Å². The summed E-state index contributed by atoms with van der Waals surface area (Å²) in [7, 11) is 3.28. The number of hydrogen-bond donors (Lipinski definition) is 1. The van der Waals surface area contributed by atoms with E-state index in [0.29, 0.717) is 19.8 Å². The van der Waals surface area contributed by atoms with Crippen molar-refractivity contribution in [3.8, 4) is 0 Å². The molecule has 0 saturated heterocycles.